The minimum Gasteiger partial charge on any atom is -0.389 e. The summed E-state index contributed by atoms with van der Waals surface area (Å²) in [7, 11) is 4.14. The molecular weight excluding hydrogens is 296 g/mol. The van der Waals surface area contributed by atoms with E-state index < -0.39 is 0 Å². The minimum absolute atomic E-state index is 0.240. The average molecular weight is 331 g/mol. The molecule has 8 atom stereocenters. The molecule has 0 aromatic rings. The number of nitrogens with zero attached hydrogens (tertiary/aromatic N) is 1. The molecule has 4 rings (SSSR count). The Morgan fingerprint density at radius 1 is 1.21 bits per heavy atom. The molecule has 0 spiro atoms. The molecule has 3 unspecified atom stereocenters. The molecule has 3 fully saturated rings. The highest BCUT2D eigenvalue weighted by Gasteiger charge is 2.61. The van der Waals surface area contributed by atoms with Gasteiger partial charge in [-0.25, -0.2) is 0 Å². The summed E-state index contributed by atoms with van der Waals surface area (Å²) in [6.07, 6.45) is 11.5. The van der Waals surface area contributed by atoms with Gasteiger partial charge < -0.3 is 10.4 Å². The fourth-order valence-corrected chi connectivity index (χ4v) is 7.27. The lowest BCUT2D eigenvalue weighted by molar-refractivity contribution is -0.0816. The molecule has 24 heavy (non-hydrogen) atoms. The number of fused-ring (bicyclic) bond motifs is 5. The standard InChI is InChI=1S/C21H34N2O/c1-20-9-7-14(24)11-13(20)12-17(22-3)19-15-5-6-18(23-4)21(15,2)10-8-16(19)20/h7,9,13-17,19,22,24H,5-6,8,10-12H2,1-4H3/t13?,14?,15-,16+,17?,19-,20-,21-/m0/s1. The van der Waals surface area contributed by atoms with Crippen LogP contribution in [0.5, 0.6) is 0 Å². The number of aliphatic hydroxyl groups is 1. The lowest BCUT2D eigenvalue weighted by Crippen LogP contribution is -2.60. The van der Waals surface area contributed by atoms with Crippen molar-refractivity contribution >= 4 is 5.71 Å². The van der Waals surface area contributed by atoms with E-state index in [1.165, 1.54) is 37.8 Å². The summed E-state index contributed by atoms with van der Waals surface area (Å²) < 4.78 is 0. The van der Waals surface area contributed by atoms with E-state index in [0.29, 0.717) is 17.4 Å². The van der Waals surface area contributed by atoms with Gasteiger partial charge >= 0.3 is 0 Å². The number of aliphatic hydroxyl groups excluding tert-OH is 1. The molecule has 0 aromatic carbocycles. The largest absolute Gasteiger partial charge is 0.389 e. The van der Waals surface area contributed by atoms with Crippen molar-refractivity contribution in [1.82, 2.24) is 5.32 Å². The van der Waals surface area contributed by atoms with Crippen molar-refractivity contribution in [3.05, 3.63) is 12.2 Å². The Balaban J connectivity index is 1.74. The van der Waals surface area contributed by atoms with Gasteiger partial charge in [-0.2, -0.15) is 0 Å². The van der Waals surface area contributed by atoms with Crippen LogP contribution in [0.15, 0.2) is 17.1 Å². The van der Waals surface area contributed by atoms with Crippen molar-refractivity contribution in [3.8, 4) is 0 Å². The van der Waals surface area contributed by atoms with Crippen LogP contribution in [-0.2, 0) is 0 Å². The van der Waals surface area contributed by atoms with Crippen LogP contribution < -0.4 is 5.32 Å². The Kier molecular flexibility index (Phi) is 3.96. The molecule has 4 aliphatic carbocycles. The molecule has 0 radical (unpaired) electrons. The summed E-state index contributed by atoms with van der Waals surface area (Å²) in [5, 5.41) is 13.8. The summed E-state index contributed by atoms with van der Waals surface area (Å²) >= 11 is 0. The smallest absolute Gasteiger partial charge is 0.0724 e. The summed E-state index contributed by atoms with van der Waals surface area (Å²) in [5.74, 6) is 2.87. The van der Waals surface area contributed by atoms with Crippen LogP contribution in [0.3, 0.4) is 0 Å². The van der Waals surface area contributed by atoms with Crippen molar-refractivity contribution in [2.75, 3.05) is 14.1 Å². The number of nitrogens with one attached hydrogen (secondary N) is 1. The van der Waals surface area contributed by atoms with Gasteiger partial charge in [0.1, 0.15) is 0 Å². The molecule has 0 aromatic heterocycles. The van der Waals surface area contributed by atoms with Gasteiger partial charge in [-0.3, -0.25) is 4.99 Å². The molecule has 134 valence electrons. The van der Waals surface area contributed by atoms with Crippen LogP contribution in [-0.4, -0.2) is 37.1 Å². The van der Waals surface area contributed by atoms with Crippen LogP contribution >= 0.6 is 0 Å². The number of hydrogen-bond acceptors (Lipinski definition) is 3. The van der Waals surface area contributed by atoms with E-state index in [1.54, 1.807) is 0 Å². The molecule has 3 saturated carbocycles. The second-order valence-corrected chi connectivity index (χ2v) is 9.31. The molecule has 0 bridgehead atoms. The molecule has 0 heterocycles. The van der Waals surface area contributed by atoms with Gasteiger partial charge in [0.2, 0.25) is 0 Å². The topological polar surface area (TPSA) is 44.6 Å². The maximum absolute atomic E-state index is 10.2. The Hall–Kier alpha value is -0.670. The highest BCUT2D eigenvalue weighted by molar-refractivity contribution is 5.92. The quantitative estimate of drug-likeness (QED) is 0.724. The minimum atomic E-state index is -0.240. The second-order valence-electron chi connectivity index (χ2n) is 9.31. The molecule has 3 nitrogen and oxygen atoms in total. The first kappa shape index (κ1) is 16.8. The van der Waals surface area contributed by atoms with Crippen LogP contribution in [0.4, 0.5) is 0 Å². The normalized spacial score (nSPS) is 55.1. The molecule has 0 amide bonds. The Bertz CT molecular complexity index is 570. The predicted molar refractivity (Wildman–Crippen MR) is 99.2 cm³/mol. The van der Waals surface area contributed by atoms with Gasteiger partial charge in [0.15, 0.2) is 0 Å². The molecule has 0 saturated heterocycles. The maximum atomic E-state index is 10.2. The third-order valence-electron chi connectivity index (χ3n) is 8.60. The second kappa shape index (κ2) is 5.67. The summed E-state index contributed by atoms with van der Waals surface area (Å²) in [5.41, 5.74) is 2.07. The van der Waals surface area contributed by atoms with Crippen LogP contribution in [0.1, 0.15) is 52.4 Å². The fourth-order valence-electron chi connectivity index (χ4n) is 7.27. The van der Waals surface area contributed by atoms with Gasteiger partial charge in [-0.05, 0) is 74.7 Å². The first-order valence-corrected chi connectivity index (χ1v) is 9.95. The predicted octanol–water partition coefficient (Wildman–Crippen LogP) is 3.43. The highest BCUT2D eigenvalue weighted by atomic mass is 16.3. The maximum Gasteiger partial charge on any atom is 0.0724 e. The van der Waals surface area contributed by atoms with E-state index in [0.717, 1.165) is 24.2 Å². The zero-order chi connectivity index (χ0) is 17.1. The van der Waals surface area contributed by atoms with Crippen molar-refractivity contribution in [2.24, 2.45) is 39.5 Å². The van der Waals surface area contributed by atoms with E-state index in [4.69, 9.17) is 4.99 Å². The van der Waals surface area contributed by atoms with Gasteiger partial charge in [0, 0.05) is 24.2 Å². The Morgan fingerprint density at radius 3 is 2.71 bits per heavy atom. The monoisotopic (exact) mass is 330 g/mol. The Morgan fingerprint density at radius 2 is 2.00 bits per heavy atom. The van der Waals surface area contributed by atoms with Gasteiger partial charge in [0.05, 0.1) is 6.10 Å². The van der Waals surface area contributed by atoms with Gasteiger partial charge in [-0.1, -0.05) is 26.0 Å². The van der Waals surface area contributed by atoms with Gasteiger partial charge in [0.25, 0.3) is 0 Å². The number of hydrogen-bond donors (Lipinski definition) is 2. The zero-order valence-electron chi connectivity index (χ0n) is 15.8. The van der Waals surface area contributed by atoms with Gasteiger partial charge in [-0.15, -0.1) is 0 Å². The third kappa shape index (κ3) is 2.13. The van der Waals surface area contributed by atoms with Crippen LogP contribution in [0.25, 0.3) is 0 Å². The van der Waals surface area contributed by atoms with Crippen LogP contribution in [0.2, 0.25) is 0 Å². The van der Waals surface area contributed by atoms with Crippen LogP contribution in [0, 0.1) is 34.5 Å². The van der Waals surface area contributed by atoms with Crippen molar-refractivity contribution in [3.63, 3.8) is 0 Å². The third-order valence-corrected chi connectivity index (χ3v) is 8.60. The van der Waals surface area contributed by atoms with E-state index in [-0.39, 0.29) is 11.5 Å². The van der Waals surface area contributed by atoms with E-state index >= 15 is 0 Å². The van der Waals surface area contributed by atoms with E-state index in [1.807, 2.05) is 7.05 Å². The lowest BCUT2D eigenvalue weighted by Gasteiger charge is -2.61. The van der Waals surface area contributed by atoms with Crippen molar-refractivity contribution < 1.29 is 5.11 Å². The molecular formula is C21H34N2O. The first-order chi connectivity index (χ1) is 11.4. The molecule has 0 aliphatic heterocycles. The molecule has 4 aliphatic rings. The highest BCUT2D eigenvalue weighted by Crippen LogP contribution is 2.64. The number of aliphatic imine (C=N–C) groups is 1. The van der Waals surface area contributed by atoms with E-state index in [9.17, 15) is 5.11 Å². The first-order valence-electron chi connectivity index (χ1n) is 9.95. The lowest BCUT2D eigenvalue weighted by atomic mass is 9.45. The number of rotatable bonds is 1. The number of allylic oxidation sites excluding steroid dienone is 1. The molecule has 3 heteroatoms. The SMILES string of the molecule is CN=C1CC[C@H]2[C@@H]3C(NC)CC4CC(O)C=C[C@]4(C)[C@@H]3CC[C@]12C. The summed E-state index contributed by atoms with van der Waals surface area (Å²) in [6.45, 7) is 4.97. The fraction of sp³-hybridized carbons (Fsp3) is 0.857. The van der Waals surface area contributed by atoms with E-state index in [2.05, 4.69) is 38.4 Å². The summed E-state index contributed by atoms with van der Waals surface area (Å²) in [4.78, 5) is 4.69. The average Bonchev–Trinajstić information content (AvgIpc) is 2.91. The van der Waals surface area contributed by atoms with Crippen molar-refractivity contribution in [1.29, 1.82) is 0 Å². The molecule has 2 N–H and O–H groups in total. The Labute approximate surface area is 147 Å². The van der Waals surface area contributed by atoms with Crippen molar-refractivity contribution in [2.45, 2.75) is 64.5 Å². The zero-order valence-corrected chi connectivity index (χ0v) is 15.8. The summed E-state index contributed by atoms with van der Waals surface area (Å²) in [6, 6.07) is 0.590.